The van der Waals surface area contributed by atoms with Crippen molar-refractivity contribution in [2.24, 2.45) is 5.14 Å². The number of aryl methyl sites for hydroxylation is 1. The number of anilines is 1. The van der Waals surface area contributed by atoms with Crippen LogP contribution in [-0.2, 0) is 10.0 Å². The molecule has 2 rings (SSSR count). The summed E-state index contributed by atoms with van der Waals surface area (Å²) in [6, 6.07) is 11.0. The normalized spacial score (nSPS) is 10.8. The van der Waals surface area contributed by atoms with E-state index in [0.717, 1.165) is 16.8 Å². The molecular weight excluding hydrogens is 360 g/mol. The molecule has 132 valence electrons. The van der Waals surface area contributed by atoms with Crippen LogP contribution < -0.4 is 21.3 Å². The lowest BCUT2D eigenvalue weighted by atomic mass is 10.1. The number of thiocarbonyl (C=S) groups is 1. The highest BCUT2D eigenvalue weighted by Gasteiger charge is 2.10. The fraction of sp³-hybridized carbons (Fsp3) is 0.125. The van der Waals surface area contributed by atoms with Gasteiger partial charge in [0.25, 0.3) is 5.91 Å². The molecule has 0 aliphatic rings. The van der Waals surface area contributed by atoms with Crippen LogP contribution in [0.15, 0.2) is 47.4 Å². The Kier molecular flexibility index (Phi) is 5.73. The van der Waals surface area contributed by atoms with Crippen LogP contribution in [0.4, 0.5) is 5.69 Å². The van der Waals surface area contributed by atoms with Gasteiger partial charge in [0.15, 0.2) is 5.11 Å². The average Bonchev–Trinajstić information content (AvgIpc) is 2.56. The quantitative estimate of drug-likeness (QED) is 0.476. The first-order chi connectivity index (χ1) is 11.7. The van der Waals surface area contributed by atoms with Gasteiger partial charge in [-0.3, -0.25) is 15.6 Å². The van der Waals surface area contributed by atoms with E-state index in [-0.39, 0.29) is 15.6 Å². The molecular formula is C16H18N4O3S2. The summed E-state index contributed by atoms with van der Waals surface area (Å²) < 4.78 is 22.4. The van der Waals surface area contributed by atoms with Crippen molar-refractivity contribution in [2.45, 2.75) is 18.7 Å². The molecule has 0 heterocycles. The lowest BCUT2D eigenvalue weighted by Gasteiger charge is -2.14. The van der Waals surface area contributed by atoms with Crippen molar-refractivity contribution in [3.8, 4) is 0 Å². The number of carbonyl (C=O) groups is 1. The van der Waals surface area contributed by atoms with Gasteiger partial charge in [-0.1, -0.05) is 12.1 Å². The second-order valence-corrected chi connectivity index (χ2v) is 7.32. The van der Waals surface area contributed by atoms with E-state index in [4.69, 9.17) is 17.4 Å². The molecule has 2 aromatic rings. The largest absolute Gasteiger partial charge is 0.331 e. The molecule has 7 nitrogen and oxygen atoms in total. The molecule has 0 aromatic heterocycles. The fourth-order valence-electron chi connectivity index (χ4n) is 2.02. The van der Waals surface area contributed by atoms with Gasteiger partial charge in [0.2, 0.25) is 10.0 Å². The Morgan fingerprint density at radius 3 is 2.28 bits per heavy atom. The van der Waals surface area contributed by atoms with Gasteiger partial charge in [-0.2, -0.15) is 0 Å². The van der Waals surface area contributed by atoms with E-state index in [1.165, 1.54) is 24.3 Å². The van der Waals surface area contributed by atoms with E-state index in [2.05, 4.69) is 16.2 Å². The summed E-state index contributed by atoms with van der Waals surface area (Å²) in [6.45, 7) is 3.95. The first kappa shape index (κ1) is 18.8. The summed E-state index contributed by atoms with van der Waals surface area (Å²) in [5, 5.41) is 8.23. The van der Waals surface area contributed by atoms with E-state index >= 15 is 0 Å². The highest BCUT2D eigenvalue weighted by Crippen LogP contribution is 2.17. The maximum atomic E-state index is 12.0. The molecule has 0 spiro atoms. The molecule has 0 fully saturated rings. The predicted molar refractivity (Wildman–Crippen MR) is 101 cm³/mol. The SMILES string of the molecule is Cc1cccc(NC(=S)NNC(=O)c2ccc(S(N)(=O)=O)cc2)c1C. The number of primary sulfonamides is 1. The number of benzene rings is 2. The van der Waals surface area contributed by atoms with Crippen LogP contribution in [-0.4, -0.2) is 19.4 Å². The van der Waals surface area contributed by atoms with Gasteiger partial charge in [-0.15, -0.1) is 0 Å². The summed E-state index contributed by atoms with van der Waals surface area (Å²) in [6.07, 6.45) is 0. The molecule has 0 saturated heterocycles. The third-order valence-corrected chi connectivity index (χ3v) is 4.72. The fourth-order valence-corrected chi connectivity index (χ4v) is 2.70. The van der Waals surface area contributed by atoms with E-state index in [1.807, 2.05) is 32.0 Å². The molecule has 0 aliphatic heterocycles. The Labute approximate surface area is 151 Å². The zero-order valence-corrected chi connectivity index (χ0v) is 15.3. The number of sulfonamides is 1. The Morgan fingerprint density at radius 2 is 1.68 bits per heavy atom. The molecule has 0 atom stereocenters. The first-order valence-corrected chi connectivity index (χ1v) is 9.20. The number of carbonyl (C=O) groups excluding carboxylic acids is 1. The van der Waals surface area contributed by atoms with Crippen LogP contribution in [0.1, 0.15) is 21.5 Å². The van der Waals surface area contributed by atoms with Crippen molar-refractivity contribution in [3.63, 3.8) is 0 Å². The van der Waals surface area contributed by atoms with Gasteiger partial charge in [0.05, 0.1) is 4.90 Å². The van der Waals surface area contributed by atoms with E-state index in [9.17, 15) is 13.2 Å². The van der Waals surface area contributed by atoms with Gasteiger partial charge in [0, 0.05) is 11.3 Å². The number of hydrogen-bond acceptors (Lipinski definition) is 4. The van der Waals surface area contributed by atoms with Crippen molar-refractivity contribution in [3.05, 3.63) is 59.2 Å². The van der Waals surface area contributed by atoms with E-state index < -0.39 is 15.9 Å². The molecule has 0 unspecified atom stereocenters. The molecule has 0 bridgehead atoms. The topological polar surface area (TPSA) is 113 Å². The highest BCUT2D eigenvalue weighted by molar-refractivity contribution is 7.89. The molecule has 0 saturated carbocycles. The van der Waals surface area contributed by atoms with Gasteiger partial charge >= 0.3 is 0 Å². The summed E-state index contributed by atoms with van der Waals surface area (Å²) >= 11 is 5.14. The minimum Gasteiger partial charge on any atom is -0.331 e. The molecule has 9 heteroatoms. The van der Waals surface area contributed by atoms with Crippen molar-refractivity contribution < 1.29 is 13.2 Å². The average molecular weight is 378 g/mol. The van der Waals surface area contributed by atoms with Crippen LogP contribution in [0.5, 0.6) is 0 Å². The maximum Gasteiger partial charge on any atom is 0.269 e. The van der Waals surface area contributed by atoms with Crippen LogP contribution in [0, 0.1) is 13.8 Å². The number of hydrazine groups is 1. The van der Waals surface area contributed by atoms with Crippen molar-refractivity contribution in [1.82, 2.24) is 10.9 Å². The molecule has 5 N–H and O–H groups in total. The molecule has 25 heavy (non-hydrogen) atoms. The second kappa shape index (κ2) is 7.60. The van der Waals surface area contributed by atoms with Crippen LogP contribution in [0.2, 0.25) is 0 Å². The van der Waals surface area contributed by atoms with Crippen LogP contribution in [0.25, 0.3) is 0 Å². The van der Waals surface area contributed by atoms with Crippen LogP contribution in [0.3, 0.4) is 0 Å². The predicted octanol–water partition coefficient (Wildman–Crippen LogP) is 1.58. The standard InChI is InChI=1S/C16H18N4O3S2/c1-10-4-3-5-14(11(10)2)18-16(24)20-19-15(21)12-6-8-13(9-7-12)25(17,22)23/h3-9H,1-2H3,(H,19,21)(H2,17,22,23)(H2,18,20,24). The smallest absolute Gasteiger partial charge is 0.269 e. The molecule has 0 aliphatic carbocycles. The summed E-state index contributed by atoms with van der Waals surface area (Å²) in [5.41, 5.74) is 8.30. The number of amides is 1. The van der Waals surface area contributed by atoms with Gasteiger partial charge in [-0.25, -0.2) is 13.6 Å². The molecule has 1 amide bonds. The van der Waals surface area contributed by atoms with Crippen molar-refractivity contribution in [2.75, 3.05) is 5.32 Å². The van der Waals surface area contributed by atoms with E-state index in [1.54, 1.807) is 0 Å². The van der Waals surface area contributed by atoms with E-state index in [0.29, 0.717) is 0 Å². The van der Waals surface area contributed by atoms with Gasteiger partial charge < -0.3 is 5.32 Å². The van der Waals surface area contributed by atoms with Crippen molar-refractivity contribution in [1.29, 1.82) is 0 Å². The highest BCUT2D eigenvalue weighted by atomic mass is 32.2. The summed E-state index contributed by atoms with van der Waals surface area (Å²) in [7, 11) is -3.79. The van der Waals surface area contributed by atoms with Gasteiger partial charge in [-0.05, 0) is 67.5 Å². The Balaban J connectivity index is 1.95. The number of nitrogens with two attached hydrogens (primary N) is 1. The zero-order valence-electron chi connectivity index (χ0n) is 13.7. The van der Waals surface area contributed by atoms with Crippen LogP contribution >= 0.6 is 12.2 Å². The Bertz CT molecular complexity index is 909. The third-order valence-electron chi connectivity index (χ3n) is 3.59. The lowest BCUT2D eigenvalue weighted by Crippen LogP contribution is -2.43. The monoisotopic (exact) mass is 378 g/mol. The Hall–Kier alpha value is -2.49. The number of hydrogen-bond donors (Lipinski definition) is 4. The maximum absolute atomic E-state index is 12.0. The third kappa shape index (κ3) is 4.99. The summed E-state index contributed by atoms with van der Waals surface area (Å²) in [4.78, 5) is 12.0. The zero-order chi connectivity index (χ0) is 18.6. The minimum absolute atomic E-state index is 0.0656. The Morgan fingerprint density at radius 1 is 1.04 bits per heavy atom. The lowest BCUT2D eigenvalue weighted by molar-refractivity contribution is 0.0944. The summed E-state index contributed by atoms with van der Waals surface area (Å²) in [5.74, 6) is -0.467. The number of nitrogens with one attached hydrogen (secondary N) is 3. The molecule has 0 radical (unpaired) electrons. The van der Waals surface area contributed by atoms with Gasteiger partial charge in [0.1, 0.15) is 0 Å². The van der Waals surface area contributed by atoms with Crippen molar-refractivity contribution >= 4 is 38.9 Å². The number of rotatable bonds is 3. The first-order valence-electron chi connectivity index (χ1n) is 7.25. The second-order valence-electron chi connectivity index (χ2n) is 5.35. The molecule has 2 aromatic carbocycles. The minimum atomic E-state index is -3.79.